The monoisotopic (exact) mass is 853 g/mol. The lowest BCUT2D eigenvalue weighted by atomic mass is 9.95. The summed E-state index contributed by atoms with van der Waals surface area (Å²) >= 11 is 0. The molecule has 10 aromatic carbocycles. The zero-order chi connectivity index (χ0) is 44.3. The maximum absolute atomic E-state index is 5.43. The molecule has 0 fully saturated rings. The van der Waals surface area contributed by atoms with E-state index in [0.29, 0.717) is 17.5 Å². The minimum absolute atomic E-state index is 0.606. The van der Waals surface area contributed by atoms with E-state index in [2.05, 4.69) is 217 Å². The predicted molar refractivity (Wildman–Crippen MR) is 277 cm³/mol. The smallest absolute Gasteiger partial charge is 0.164 e. The molecular weight excluding hydrogens is 815 g/mol. The van der Waals surface area contributed by atoms with Gasteiger partial charge in [0.2, 0.25) is 0 Å². The van der Waals surface area contributed by atoms with Crippen LogP contribution in [0.4, 0.5) is 0 Å². The molecule has 0 amide bonds. The fourth-order valence-corrected chi connectivity index (χ4v) is 9.87. The number of hydrogen-bond donors (Lipinski definition) is 0. The van der Waals surface area contributed by atoms with Crippen LogP contribution in [0, 0.1) is 0 Å². The minimum atomic E-state index is 0.606. The Morgan fingerprint density at radius 2 is 0.851 bits per heavy atom. The van der Waals surface area contributed by atoms with Crippen molar-refractivity contribution in [3.63, 3.8) is 0 Å². The summed E-state index contributed by atoms with van der Waals surface area (Å²) in [5, 5.41) is 8.15. The molecule has 0 saturated carbocycles. The zero-order valence-corrected chi connectivity index (χ0v) is 36.3. The van der Waals surface area contributed by atoms with Crippen LogP contribution in [0.5, 0.6) is 0 Å². The second-order valence-electron chi connectivity index (χ2n) is 17.0. The first kappa shape index (κ1) is 38.4. The Morgan fingerprint density at radius 1 is 0.299 bits per heavy atom. The van der Waals surface area contributed by atoms with Crippen molar-refractivity contribution >= 4 is 54.3 Å². The van der Waals surface area contributed by atoms with Crippen molar-refractivity contribution in [3.05, 3.63) is 237 Å². The van der Waals surface area contributed by atoms with Crippen LogP contribution in [0.15, 0.2) is 237 Å². The van der Waals surface area contributed by atoms with Gasteiger partial charge in [-0.3, -0.25) is 0 Å². The van der Waals surface area contributed by atoms with Gasteiger partial charge in [-0.1, -0.05) is 200 Å². The third kappa shape index (κ3) is 6.64. The summed E-state index contributed by atoms with van der Waals surface area (Å²) in [7, 11) is 0. The highest BCUT2D eigenvalue weighted by Crippen LogP contribution is 2.45. The Morgan fingerprint density at radius 3 is 1.60 bits per heavy atom. The number of aromatic nitrogens is 5. The highest BCUT2D eigenvalue weighted by atomic mass is 15.0. The first-order valence-corrected chi connectivity index (χ1v) is 22.6. The molecule has 13 aromatic rings. The molecule has 0 bridgehead atoms. The molecule has 0 aliphatic rings. The SMILES string of the molecule is c1ccc(-c2cccc(-c3nc(-c4ccccc4)nc(-c4cccc(-c5cccc6c7c8c(-c9ccccc9)nc9ccccc9c8ccc7n(-c7ccc8ccccc8c7)c56)c4)n3)c2)cc1. The average molecular weight is 854 g/mol. The van der Waals surface area contributed by atoms with Gasteiger partial charge in [-0.2, -0.15) is 0 Å². The van der Waals surface area contributed by atoms with Crippen molar-refractivity contribution in [1.82, 2.24) is 24.5 Å². The fourth-order valence-electron chi connectivity index (χ4n) is 9.87. The molecule has 0 radical (unpaired) electrons. The normalized spacial score (nSPS) is 11.6. The van der Waals surface area contributed by atoms with E-state index >= 15 is 0 Å². The first-order chi connectivity index (χ1) is 33.2. The molecule has 3 aromatic heterocycles. The van der Waals surface area contributed by atoms with Gasteiger partial charge in [-0.25, -0.2) is 19.9 Å². The average Bonchev–Trinajstić information content (AvgIpc) is 3.76. The van der Waals surface area contributed by atoms with E-state index in [1.165, 1.54) is 21.5 Å². The van der Waals surface area contributed by atoms with Crippen LogP contribution < -0.4 is 0 Å². The van der Waals surface area contributed by atoms with Gasteiger partial charge >= 0.3 is 0 Å². The summed E-state index contributed by atoms with van der Waals surface area (Å²) in [6.07, 6.45) is 0. The molecule has 0 aliphatic carbocycles. The molecule has 0 N–H and O–H groups in total. The highest BCUT2D eigenvalue weighted by Gasteiger charge is 2.23. The molecule has 0 unspecified atom stereocenters. The van der Waals surface area contributed by atoms with E-state index < -0.39 is 0 Å². The molecule has 13 rings (SSSR count). The van der Waals surface area contributed by atoms with Gasteiger partial charge in [0, 0.05) is 55.0 Å². The lowest BCUT2D eigenvalue weighted by Crippen LogP contribution is -2.00. The molecule has 0 atom stereocenters. The van der Waals surface area contributed by atoms with E-state index in [1.54, 1.807) is 0 Å². The summed E-state index contributed by atoms with van der Waals surface area (Å²) in [5.74, 6) is 1.85. The van der Waals surface area contributed by atoms with Gasteiger partial charge < -0.3 is 4.57 Å². The van der Waals surface area contributed by atoms with Crippen LogP contribution in [0.3, 0.4) is 0 Å². The summed E-state index contributed by atoms with van der Waals surface area (Å²) in [6, 6.07) is 83.5. The molecule has 5 nitrogen and oxygen atoms in total. The second-order valence-corrected chi connectivity index (χ2v) is 17.0. The van der Waals surface area contributed by atoms with Crippen molar-refractivity contribution in [2.75, 3.05) is 0 Å². The molecule has 5 heteroatoms. The summed E-state index contributed by atoms with van der Waals surface area (Å²) in [6.45, 7) is 0. The number of nitrogens with zero attached hydrogens (tertiary/aromatic N) is 5. The van der Waals surface area contributed by atoms with Gasteiger partial charge in [-0.15, -0.1) is 0 Å². The molecule has 67 heavy (non-hydrogen) atoms. The number of hydrogen-bond acceptors (Lipinski definition) is 4. The zero-order valence-electron chi connectivity index (χ0n) is 36.3. The molecule has 312 valence electrons. The van der Waals surface area contributed by atoms with Crippen LogP contribution >= 0.6 is 0 Å². The highest BCUT2D eigenvalue weighted by molar-refractivity contribution is 6.29. The van der Waals surface area contributed by atoms with Gasteiger partial charge in [0.15, 0.2) is 17.5 Å². The maximum atomic E-state index is 5.43. The van der Waals surface area contributed by atoms with Crippen LogP contribution in [0.1, 0.15) is 0 Å². The number of pyridine rings is 1. The Hall–Kier alpha value is -9.06. The Kier molecular flexibility index (Phi) is 9.10. The van der Waals surface area contributed by atoms with E-state index in [1.807, 2.05) is 24.3 Å². The van der Waals surface area contributed by atoms with E-state index in [0.717, 1.165) is 88.6 Å². The summed E-state index contributed by atoms with van der Waals surface area (Å²) < 4.78 is 2.46. The van der Waals surface area contributed by atoms with Gasteiger partial charge in [-0.05, 0) is 69.2 Å². The molecule has 0 saturated heterocycles. The lowest BCUT2D eigenvalue weighted by Gasteiger charge is -2.14. The van der Waals surface area contributed by atoms with E-state index in [-0.39, 0.29) is 0 Å². The topological polar surface area (TPSA) is 56.5 Å². The molecule has 0 aliphatic heterocycles. The summed E-state index contributed by atoms with van der Waals surface area (Å²) in [5.41, 5.74) is 13.5. The second kappa shape index (κ2) is 15.9. The van der Waals surface area contributed by atoms with Gasteiger partial charge in [0.25, 0.3) is 0 Å². The number of rotatable bonds is 7. The quantitative estimate of drug-likeness (QED) is 0.150. The predicted octanol–water partition coefficient (Wildman–Crippen LogP) is 15.8. The molecular formula is C62H39N5. The maximum Gasteiger partial charge on any atom is 0.164 e. The Bertz CT molecular complexity index is 4030. The van der Waals surface area contributed by atoms with Crippen LogP contribution in [-0.2, 0) is 0 Å². The molecule has 0 spiro atoms. The van der Waals surface area contributed by atoms with Crippen molar-refractivity contribution < 1.29 is 0 Å². The first-order valence-electron chi connectivity index (χ1n) is 22.6. The number of para-hydroxylation sites is 2. The largest absolute Gasteiger partial charge is 0.309 e. The van der Waals surface area contributed by atoms with E-state index in [4.69, 9.17) is 19.9 Å². The lowest BCUT2D eigenvalue weighted by molar-refractivity contribution is 1.07. The number of benzene rings is 10. The van der Waals surface area contributed by atoms with Crippen molar-refractivity contribution in [3.8, 4) is 73.4 Å². The van der Waals surface area contributed by atoms with Crippen LogP contribution in [0.2, 0.25) is 0 Å². The Balaban J connectivity index is 1.07. The minimum Gasteiger partial charge on any atom is -0.309 e. The third-order valence-corrected chi connectivity index (χ3v) is 13.0. The van der Waals surface area contributed by atoms with Crippen LogP contribution in [0.25, 0.3) is 128 Å². The van der Waals surface area contributed by atoms with Crippen LogP contribution in [-0.4, -0.2) is 24.5 Å². The summed E-state index contributed by atoms with van der Waals surface area (Å²) in [4.78, 5) is 20.9. The van der Waals surface area contributed by atoms with Crippen molar-refractivity contribution in [2.24, 2.45) is 0 Å². The molecule has 3 heterocycles. The van der Waals surface area contributed by atoms with E-state index in [9.17, 15) is 0 Å². The van der Waals surface area contributed by atoms with Crippen molar-refractivity contribution in [2.45, 2.75) is 0 Å². The third-order valence-electron chi connectivity index (χ3n) is 13.0. The fraction of sp³-hybridized carbons (Fsp3) is 0. The standard InChI is InChI=1S/C62H39N5/c1-4-17-40(18-5-1)44-25-14-27-47(37-44)61-64-60(43-22-8-3-9-23-43)65-62(66-61)48-28-15-26-46(38-48)50-30-16-31-53-56-55(67(59(50)53)49-34-33-41-19-10-11-24-45(41)39-49)36-35-52-51-29-12-13-32-54(51)63-58(57(52)56)42-20-6-2-7-21-42/h1-39H. The van der Waals surface area contributed by atoms with Gasteiger partial charge in [0.05, 0.1) is 22.2 Å². The Labute approximate surface area is 387 Å². The van der Waals surface area contributed by atoms with Gasteiger partial charge in [0.1, 0.15) is 0 Å². The van der Waals surface area contributed by atoms with Crippen molar-refractivity contribution in [1.29, 1.82) is 0 Å². The number of fused-ring (bicyclic) bond motifs is 8.